The number of fused-ring (bicyclic) bond motifs is 2. The molecule has 0 saturated carbocycles. The Hall–Kier alpha value is -3.84. The van der Waals surface area contributed by atoms with Gasteiger partial charge in [0.1, 0.15) is 5.82 Å². The molecule has 0 aliphatic rings. The van der Waals surface area contributed by atoms with Gasteiger partial charge in [-0.1, -0.05) is 12.1 Å². The van der Waals surface area contributed by atoms with Gasteiger partial charge in [-0.25, -0.2) is 4.98 Å². The van der Waals surface area contributed by atoms with Gasteiger partial charge in [0.25, 0.3) is 0 Å². The van der Waals surface area contributed by atoms with Gasteiger partial charge in [0, 0.05) is 54.6 Å². The van der Waals surface area contributed by atoms with Crippen molar-refractivity contribution in [2.45, 2.75) is 19.6 Å². The molecule has 2 aromatic carbocycles. The van der Waals surface area contributed by atoms with Crippen LogP contribution in [0.15, 0.2) is 67.1 Å². The van der Waals surface area contributed by atoms with Crippen molar-refractivity contribution in [3.63, 3.8) is 0 Å². The van der Waals surface area contributed by atoms with Crippen molar-refractivity contribution in [3.8, 4) is 0 Å². The zero-order chi connectivity index (χ0) is 21.9. The predicted octanol–water partition coefficient (Wildman–Crippen LogP) is 4.73. The van der Waals surface area contributed by atoms with Crippen molar-refractivity contribution in [2.24, 2.45) is 0 Å². The molecule has 0 aliphatic heterocycles. The summed E-state index contributed by atoms with van der Waals surface area (Å²) in [5.74, 6) is 1.41. The van der Waals surface area contributed by atoms with E-state index in [4.69, 9.17) is 0 Å². The fourth-order valence-corrected chi connectivity index (χ4v) is 3.94. The number of aromatic nitrogens is 4. The van der Waals surface area contributed by atoms with Crippen molar-refractivity contribution in [1.82, 2.24) is 24.8 Å². The molecule has 3 aromatic heterocycles. The van der Waals surface area contributed by atoms with E-state index < -0.39 is 0 Å². The van der Waals surface area contributed by atoms with Crippen molar-refractivity contribution in [3.05, 3.63) is 83.8 Å². The number of hydrogen-bond acceptors (Lipinski definition) is 5. The van der Waals surface area contributed by atoms with E-state index in [-0.39, 0.29) is 0 Å². The number of anilines is 2. The van der Waals surface area contributed by atoms with Crippen molar-refractivity contribution < 1.29 is 0 Å². The molecule has 0 unspecified atom stereocenters. The van der Waals surface area contributed by atoms with E-state index in [0.29, 0.717) is 19.0 Å². The summed E-state index contributed by atoms with van der Waals surface area (Å²) in [7, 11) is 4.17. The molecule has 5 aromatic rings. The van der Waals surface area contributed by atoms with Crippen molar-refractivity contribution >= 4 is 33.6 Å². The average molecular weight is 426 g/mol. The first-order chi connectivity index (χ1) is 15.6. The monoisotopic (exact) mass is 425 g/mol. The van der Waals surface area contributed by atoms with Crippen LogP contribution in [-0.2, 0) is 19.6 Å². The highest BCUT2D eigenvalue weighted by Crippen LogP contribution is 2.21. The van der Waals surface area contributed by atoms with Gasteiger partial charge in [-0.3, -0.25) is 0 Å². The third-order valence-electron chi connectivity index (χ3n) is 5.52. The number of hydrogen-bond donors (Lipinski definition) is 4. The number of nitrogens with zero attached hydrogens (tertiary/aromatic N) is 3. The topological polar surface area (TPSA) is 84.7 Å². The van der Waals surface area contributed by atoms with E-state index in [9.17, 15) is 0 Å². The third-order valence-corrected chi connectivity index (χ3v) is 5.52. The summed E-state index contributed by atoms with van der Waals surface area (Å²) in [5.41, 5.74) is 6.00. The van der Waals surface area contributed by atoms with Crippen LogP contribution in [0.1, 0.15) is 16.7 Å². The van der Waals surface area contributed by atoms with Gasteiger partial charge in [0.2, 0.25) is 5.95 Å². The minimum absolute atomic E-state index is 0.610. The number of H-pyrrole nitrogens is 2. The lowest BCUT2D eigenvalue weighted by Gasteiger charge is -2.10. The maximum absolute atomic E-state index is 4.61. The Morgan fingerprint density at radius 2 is 1.69 bits per heavy atom. The molecule has 5 rings (SSSR count). The summed E-state index contributed by atoms with van der Waals surface area (Å²) in [6, 6.07) is 16.9. The Bertz CT molecular complexity index is 1350. The number of benzene rings is 2. The maximum Gasteiger partial charge on any atom is 0.224 e. The van der Waals surface area contributed by atoms with Crippen molar-refractivity contribution in [1.29, 1.82) is 0 Å². The van der Waals surface area contributed by atoms with Crippen LogP contribution in [0, 0.1) is 0 Å². The normalized spacial score (nSPS) is 11.5. The van der Waals surface area contributed by atoms with E-state index in [1.165, 1.54) is 27.5 Å². The summed E-state index contributed by atoms with van der Waals surface area (Å²) in [4.78, 5) is 17.7. The SMILES string of the molecule is CN(C)Cc1c[nH]c2ccc(CNc3nccc(NCc4ccc5[nH]ccc5c4)n3)cc12. The molecule has 0 spiro atoms. The van der Waals surface area contributed by atoms with Gasteiger partial charge in [-0.15, -0.1) is 0 Å². The highest BCUT2D eigenvalue weighted by molar-refractivity contribution is 5.84. The molecule has 7 heteroatoms. The maximum atomic E-state index is 4.61. The molecule has 0 radical (unpaired) electrons. The largest absolute Gasteiger partial charge is 0.366 e. The number of aromatic amines is 2. The molecular formula is C25H27N7. The zero-order valence-electron chi connectivity index (χ0n) is 18.3. The fourth-order valence-electron chi connectivity index (χ4n) is 3.94. The minimum Gasteiger partial charge on any atom is -0.366 e. The van der Waals surface area contributed by atoms with Gasteiger partial charge in [-0.05, 0) is 72.6 Å². The van der Waals surface area contributed by atoms with Gasteiger partial charge in [0.15, 0.2) is 0 Å². The van der Waals surface area contributed by atoms with E-state index in [2.05, 4.69) is 98.2 Å². The van der Waals surface area contributed by atoms with Crippen LogP contribution in [0.25, 0.3) is 21.8 Å². The van der Waals surface area contributed by atoms with Crippen molar-refractivity contribution in [2.75, 3.05) is 24.7 Å². The van der Waals surface area contributed by atoms with E-state index in [0.717, 1.165) is 23.4 Å². The quantitative estimate of drug-likeness (QED) is 0.289. The van der Waals surface area contributed by atoms with Crippen LogP contribution in [-0.4, -0.2) is 38.9 Å². The molecule has 3 heterocycles. The lowest BCUT2D eigenvalue weighted by Crippen LogP contribution is -2.10. The highest BCUT2D eigenvalue weighted by atomic mass is 15.1. The smallest absolute Gasteiger partial charge is 0.224 e. The number of rotatable bonds is 8. The Labute approximate surface area is 186 Å². The second-order valence-electron chi connectivity index (χ2n) is 8.30. The summed E-state index contributed by atoms with van der Waals surface area (Å²) in [6.45, 7) is 2.28. The summed E-state index contributed by atoms with van der Waals surface area (Å²) in [5, 5.41) is 9.21. The first-order valence-corrected chi connectivity index (χ1v) is 10.7. The molecule has 0 fully saturated rings. The Morgan fingerprint density at radius 3 is 2.56 bits per heavy atom. The zero-order valence-corrected chi connectivity index (χ0v) is 18.3. The molecule has 0 amide bonds. The molecule has 162 valence electrons. The van der Waals surface area contributed by atoms with Gasteiger partial charge < -0.3 is 25.5 Å². The number of nitrogens with one attached hydrogen (secondary N) is 4. The average Bonchev–Trinajstić information content (AvgIpc) is 3.43. The van der Waals surface area contributed by atoms with Crippen LogP contribution in [0.3, 0.4) is 0 Å². The molecule has 0 atom stereocenters. The van der Waals surface area contributed by atoms with Gasteiger partial charge >= 0.3 is 0 Å². The molecule has 4 N–H and O–H groups in total. The second kappa shape index (κ2) is 8.72. The van der Waals surface area contributed by atoms with Gasteiger partial charge in [-0.2, -0.15) is 4.98 Å². The first-order valence-electron chi connectivity index (χ1n) is 10.7. The second-order valence-corrected chi connectivity index (χ2v) is 8.30. The van der Waals surface area contributed by atoms with Crippen LogP contribution < -0.4 is 10.6 Å². The molecular weight excluding hydrogens is 398 g/mol. The standard InChI is InChI=1S/C25H27N7/c1-32(2)16-20-15-28-23-6-4-18(12-21(20)23)14-30-25-27-10-8-24(31-25)29-13-17-3-5-22-19(11-17)7-9-26-22/h3-12,15,26,28H,13-14,16H2,1-2H3,(H2,27,29,30,31). The molecule has 0 saturated heterocycles. The van der Waals surface area contributed by atoms with Crippen LogP contribution in [0.2, 0.25) is 0 Å². The van der Waals surface area contributed by atoms with E-state index in [1.807, 2.05) is 12.3 Å². The summed E-state index contributed by atoms with van der Waals surface area (Å²) >= 11 is 0. The fraction of sp³-hybridized carbons (Fsp3) is 0.200. The summed E-state index contributed by atoms with van der Waals surface area (Å²) < 4.78 is 0. The van der Waals surface area contributed by atoms with E-state index in [1.54, 1.807) is 6.20 Å². The Kier molecular flexibility index (Phi) is 5.47. The Balaban J connectivity index is 1.23. The lowest BCUT2D eigenvalue weighted by atomic mass is 10.1. The molecule has 0 bridgehead atoms. The lowest BCUT2D eigenvalue weighted by molar-refractivity contribution is 0.404. The van der Waals surface area contributed by atoms with Crippen LogP contribution in [0.4, 0.5) is 11.8 Å². The van der Waals surface area contributed by atoms with Crippen LogP contribution >= 0.6 is 0 Å². The highest BCUT2D eigenvalue weighted by Gasteiger charge is 2.07. The molecule has 7 nitrogen and oxygen atoms in total. The molecule has 32 heavy (non-hydrogen) atoms. The molecule has 0 aliphatic carbocycles. The predicted molar refractivity (Wildman–Crippen MR) is 131 cm³/mol. The third kappa shape index (κ3) is 4.43. The summed E-state index contributed by atoms with van der Waals surface area (Å²) in [6.07, 6.45) is 5.83. The van der Waals surface area contributed by atoms with E-state index >= 15 is 0 Å². The van der Waals surface area contributed by atoms with Crippen LogP contribution in [0.5, 0.6) is 0 Å². The Morgan fingerprint density at radius 1 is 0.875 bits per heavy atom. The first kappa shape index (κ1) is 20.1. The minimum atomic E-state index is 0.610. The van der Waals surface area contributed by atoms with Gasteiger partial charge in [0.05, 0.1) is 0 Å².